The van der Waals surface area contributed by atoms with E-state index in [1.165, 1.54) is 112 Å². The van der Waals surface area contributed by atoms with E-state index >= 15 is 0 Å². The third-order valence-corrected chi connectivity index (χ3v) is 18.0. The summed E-state index contributed by atoms with van der Waals surface area (Å²) in [7, 11) is 0. The van der Waals surface area contributed by atoms with Crippen LogP contribution in [0.3, 0.4) is 0 Å². The van der Waals surface area contributed by atoms with E-state index in [1.807, 2.05) is 11.3 Å². The minimum absolute atomic E-state index is 0.133. The molecule has 10 aromatic carbocycles. The Kier molecular flexibility index (Phi) is 8.36. The second-order valence-electron chi connectivity index (χ2n) is 19.9. The van der Waals surface area contributed by atoms with Crippen molar-refractivity contribution in [2.24, 2.45) is 23.7 Å². The highest BCUT2D eigenvalue weighted by molar-refractivity contribution is 7.25. The SMILES string of the molecule is c1ccc(-c2cccc3cccc(-c4ccccc4N(c4ccc(-c5cccc6sc7ccccc7c56)cc4)c4ccccc4-c4ccc5c(c4)C4(c6ccccc6-5)C5CC6CC5CC64)c23)cc1. The predicted molar refractivity (Wildman–Crippen MR) is 287 cm³/mol. The monoisotopic (exact) mass is 885 g/mol. The molecule has 0 saturated heterocycles. The van der Waals surface area contributed by atoms with Crippen molar-refractivity contribution in [1.29, 1.82) is 0 Å². The lowest BCUT2D eigenvalue weighted by Gasteiger charge is -2.37. The average Bonchev–Trinajstić information content (AvgIpc) is 4.27. The zero-order valence-corrected chi connectivity index (χ0v) is 38.5. The number of para-hydroxylation sites is 2. The van der Waals surface area contributed by atoms with E-state index in [9.17, 15) is 0 Å². The van der Waals surface area contributed by atoms with Crippen LogP contribution in [-0.2, 0) is 5.41 Å². The van der Waals surface area contributed by atoms with Crippen LogP contribution in [0.1, 0.15) is 30.4 Å². The number of fused-ring (bicyclic) bond motifs is 7. The lowest BCUT2D eigenvalue weighted by Crippen LogP contribution is -2.34. The van der Waals surface area contributed by atoms with Gasteiger partial charge in [-0.3, -0.25) is 0 Å². The van der Waals surface area contributed by atoms with Crippen LogP contribution in [0.5, 0.6) is 0 Å². The quantitative estimate of drug-likeness (QED) is 0.154. The van der Waals surface area contributed by atoms with Crippen LogP contribution in [-0.4, -0.2) is 0 Å². The molecule has 4 fully saturated rings. The minimum atomic E-state index is 0.133. The average molecular weight is 886 g/mol. The topological polar surface area (TPSA) is 3.24 Å². The zero-order valence-electron chi connectivity index (χ0n) is 37.6. The van der Waals surface area contributed by atoms with Crippen molar-refractivity contribution >= 4 is 59.3 Å². The first kappa shape index (κ1) is 38.6. The Bertz CT molecular complexity index is 3800. The summed E-state index contributed by atoms with van der Waals surface area (Å²) in [6.45, 7) is 0. The third kappa shape index (κ3) is 5.38. The van der Waals surface area contributed by atoms with Gasteiger partial charge >= 0.3 is 0 Å². The Morgan fingerprint density at radius 2 is 0.926 bits per heavy atom. The van der Waals surface area contributed by atoms with E-state index in [2.05, 4.69) is 229 Å². The molecule has 2 heteroatoms. The Morgan fingerprint density at radius 3 is 1.71 bits per heavy atom. The second-order valence-corrected chi connectivity index (χ2v) is 21.0. The summed E-state index contributed by atoms with van der Waals surface area (Å²) >= 11 is 1.88. The van der Waals surface area contributed by atoms with Gasteiger partial charge in [0.2, 0.25) is 0 Å². The molecular weight excluding hydrogens is 839 g/mol. The maximum Gasteiger partial charge on any atom is 0.0540 e. The van der Waals surface area contributed by atoms with E-state index in [0.29, 0.717) is 0 Å². The van der Waals surface area contributed by atoms with Gasteiger partial charge in [-0.25, -0.2) is 0 Å². The summed E-state index contributed by atoms with van der Waals surface area (Å²) in [5.74, 6) is 3.20. The predicted octanol–water partition coefficient (Wildman–Crippen LogP) is 18.3. The van der Waals surface area contributed by atoms with Gasteiger partial charge in [-0.15, -0.1) is 11.3 Å². The van der Waals surface area contributed by atoms with Crippen molar-refractivity contribution < 1.29 is 0 Å². The number of thiophene rings is 1. The molecule has 16 rings (SSSR count). The number of nitrogens with zero attached hydrogens (tertiary/aromatic N) is 1. The van der Waals surface area contributed by atoms with Crippen molar-refractivity contribution in [3.05, 3.63) is 236 Å². The summed E-state index contributed by atoms with van der Waals surface area (Å²) in [6.07, 6.45) is 4.22. The van der Waals surface area contributed by atoms with Crippen LogP contribution < -0.4 is 4.90 Å². The molecule has 5 aliphatic rings. The second kappa shape index (κ2) is 14.7. The van der Waals surface area contributed by atoms with Gasteiger partial charge in [0.25, 0.3) is 0 Å². The molecule has 5 aliphatic carbocycles. The maximum atomic E-state index is 2.64. The number of anilines is 3. The van der Waals surface area contributed by atoms with Gasteiger partial charge in [-0.1, -0.05) is 182 Å². The molecule has 0 radical (unpaired) electrons. The van der Waals surface area contributed by atoms with Crippen LogP contribution in [0.15, 0.2) is 224 Å². The first-order valence-corrected chi connectivity index (χ1v) is 25.4. The fraction of sp³-hybridized carbons (Fsp3) is 0.121. The van der Waals surface area contributed by atoms with E-state index < -0.39 is 0 Å². The van der Waals surface area contributed by atoms with Gasteiger partial charge in [-0.05, 0) is 152 Å². The molecular formula is C66H47NS. The molecule has 11 aromatic rings. The van der Waals surface area contributed by atoms with Gasteiger partial charge in [0.1, 0.15) is 0 Å². The first-order valence-electron chi connectivity index (χ1n) is 24.5. The van der Waals surface area contributed by atoms with E-state index in [-0.39, 0.29) is 5.41 Å². The standard InChI is InChI=1S/C66H47NS/c1-2-15-41(16-3-1)49-23-12-17-43-18-13-25-54(64(43)49)53-21-6-10-28-61(53)67(47-34-31-42(32-35-47)50-24-14-30-63-65(50)55-22-7-11-29-62(55)68-63)60-27-9-5-19-48(60)44-33-36-52-51-20-4-8-26-56(51)66(59(52)38-44)57-39-45-37-46(57)40-58(45)66/h1-36,38,45-46,57-58H,37,39-40H2. The van der Waals surface area contributed by atoms with Crippen LogP contribution in [0.2, 0.25) is 0 Å². The van der Waals surface area contributed by atoms with Gasteiger partial charge in [-0.2, -0.15) is 0 Å². The zero-order chi connectivity index (χ0) is 44.5. The maximum absolute atomic E-state index is 2.64. The lowest BCUT2D eigenvalue weighted by atomic mass is 9.66. The number of rotatable bonds is 7. The third-order valence-electron chi connectivity index (χ3n) is 16.9. The smallest absolute Gasteiger partial charge is 0.0540 e. The normalized spacial score (nSPS) is 20.5. The number of hydrogen-bond acceptors (Lipinski definition) is 2. The molecule has 4 bridgehead atoms. The van der Waals surface area contributed by atoms with E-state index in [1.54, 1.807) is 11.1 Å². The molecule has 4 saturated carbocycles. The van der Waals surface area contributed by atoms with Crippen LogP contribution in [0.25, 0.3) is 86.6 Å². The molecule has 4 unspecified atom stereocenters. The Morgan fingerprint density at radius 1 is 0.368 bits per heavy atom. The molecule has 322 valence electrons. The molecule has 1 spiro atoms. The summed E-state index contributed by atoms with van der Waals surface area (Å²) in [5.41, 5.74) is 19.6. The highest BCUT2D eigenvalue weighted by Crippen LogP contribution is 2.77. The largest absolute Gasteiger partial charge is 0.309 e. The molecule has 1 nitrogen and oxygen atoms in total. The molecule has 0 amide bonds. The van der Waals surface area contributed by atoms with Crippen LogP contribution in [0, 0.1) is 23.7 Å². The molecule has 4 atom stereocenters. The van der Waals surface area contributed by atoms with Crippen molar-refractivity contribution in [3.8, 4) is 55.6 Å². The molecule has 0 aliphatic heterocycles. The Labute approximate surface area is 401 Å². The van der Waals surface area contributed by atoms with E-state index in [0.717, 1.165) is 35.0 Å². The molecule has 68 heavy (non-hydrogen) atoms. The number of hydrogen-bond donors (Lipinski definition) is 0. The minimum Gasteiger partial charge on any atom is -0.309 e. The van der Waals surface area contributed by atoms with Crippen LogP contribution >= 0.6 is 11.3 Å². The van der Waals surface area contributed by atoms with E-state index in [4.69, 9.17) is 0 Å². The summed E-state index contributed by atoms with van der Waals surface area (Å²) < 4.78 is 2.65. The summed E-state index contributed by atoms with van der Waals surface area (Å²) in [5, 5.41) is 5.16. The summed E-state index contributed by atoms with van der Waals surface area (Å²) in [6, 6.07) is 84.7. The molecule has 1 heterocycles. The van der Waals surface area contributed by atoms with Crippen LogP contribution in [0.4, 0.5) is 17.1 Å². The molecule has 1 aromatic heterocycles. The van der Waals surface area contributed by atoms with Gasteiger partial charge in [0, 0.05) is 42.4 Å². The van der Waals surface area contributed by atoms with Crippen molar-refractivity contribution in [1.82, 2.24) is 0 Å². The number of benzene rings is 10. The Hall–Kier alpha value is -7.52. The van der Waals surface area contributed by atoms with Gasteiger partial charge in [0.05, 0.1) is 11.4 Å². The highest BCUT2D eigenvalue weighted by atomic mass is 32.1. The lowest BCUT2D eigenvalue weighted by molar-refractivity contribution is 0.307. The summed E-state index contributed by atoms with van der Waals surface area (Å²) in [4.78, 5) is 2.55. The highest BCUT2D eigenvalue weighted by Gasteiger charge is 2.70. The molecule has 0 N–H and O–H groups in total. The van der Waals surface area contributed by atoms with Crippen molar-refractivity contribution in [3.63, 3.8) is 0 Å². The van der Waals surface area contributed by atoms with Crippen molar-refractivity contribution in [2.45, 2.75) is 24.7 Å². The fourth-order valence-electron chi connectivity index (χ4n) is 14.4. The first-order chi connectivity index (χ1) is 33.7. The Balaban J connectivity index is 0.942. The van der Waals surface area contributed by atoms with Gasteiger partial charge < -0.3 is 4.90 Å². The van der Waals surface area contributed by atoms with Gasteiger partial charge in [0.15, 0.2) is 0 Å². The fourth-order valence-corrected chi connectivity index (χ4v) is 15.6. The van der Waals surface area contributed by atoms with Crippen molar-refractivity contribution in [2.75, 3.05) is 4.90 Å².